The van der Waals surface area contributed by atoms with Crippen molar-refractivity contribution in [3.05, 3.63) is 112 Å². The van der Waals surface area contributed by atoms with E-state index >= 15 is 0 Å². The molecule has 1 fully saturated rings. The Labute approximate surface area is 240 Å². The van der Waals surface area contributed by atoms with Crippen LogP contribution in [0.5, 0.6) is 11.5 Å². The number of furan rings is 1. The minimum absolute atomic E-state index is 0.218. The van der Waals surface area contributed by atoms with Crippen molar-refractivity contribution in [1.29, 1.82) is 0 Å². The Balaban J connectivity index is 1.37. The number of para-hydroxylation sites is 2. The number of aliphatic imine (C=N–C) groups is 1. The molecule has 4 aromatic rings. The molecule has 10 heteroatoms. The van der Waals surface area contributed by atoms with E-state index in [4.69, 9.17) is 30.5 Å². The van der Waals surface area contributed by atoms with E-state index in [1.54, 1.807) is 47.6 Å². The Morgan fingerprint density at radius 1 is 1.07 bits per heavy atom. The third-order valence-electron chi connectivity index (χ3n) is 5.72. The van der Waals surface area contributed by atoms with Crippen LogP contribution in [0.3, 0.4) is 0 Å². The van der Waals surface area contributed by atoms with Gasteiger partial charge in [0, 0.05) is 5.69 Å². The zero-order valence-electron chi connectivity index (χ0n) is 21.4. The molecular weight excluding hydrogens is 550 g/mol. The summed E-state index contributed by atoms with van der Waals surface area (Å²) in [5, 5.41) is 3.52. The summed E-state index contributed by atoms with van der Waals surface area (Å²) in [5.74, 6) is 0.631. The second-order valence-corrected chi connectivity index (χ2v) is 9.96. The van der Waals surface area contributed by atoms with E-state index in [0.717, 1.165) is 5.69 Å². The van der Waals surface area contributed by atoms with Crippen LogP contribution in [-0.2, 0) is 16.1 Å². The summed E-state index contributed by atoms with van der Waals surface area (Å²) in [6, 6.07) is 25.4. The van der Waals surface area contributed by atoms with Gasteiger partial charge in [-0.3, -0.25) is 14.5 Å². The van der Waals surface area contributed by atoms with Gasteiger partial charge in [0.05, 0.1) is 35.5 Å². The highest BCUT2D eigenvalue weighted by Gasteiger charge is 2.34. The number of anilines is 1. The molecule has 1 aliphatic heterocycles. The van der Waals surface area contributed by atoms with Crippen LogP contribution < -0.4 is 14.8 Å². The largest absolute Gasteiger partial charge is 0.493 e. The first kappa shape index (κ1) is 27.1. The van der Waals surface area contributed by atoms with Crippen molar-refractivity contribution < 1.29 is 23.5 Å². The normalized spacial score (nSPS) is 15.1. The number of amides is 2. The van der Waals surface area contributed by atoms with Gasteiger partial charge in [0.25, 0.3) is 11.8 Å². The van der Waals surface area contributed by atoms with Crippen molar-refractivity contribution in [1.82, 2.24) is 4.90 Å². The zero-order valence-corrected chi connectivity index (χ0v) is 22.9. The van der Waals surface area contributed by atoms with Gasteiger partial charge in [-0.05, 0) is 71.9 Å². The topological polar surface area (TPSA) is 93.4 Å². The summed E-state index contributed by atoms with van der Waals surface area (Å²) in [5.41, 5.74) is 2.01. The van der Waals surface area contributed by atoms with Crippen molar-refractivity contribution >= 4 is 57.8 Å². The lowest BCUT2D eigenvalue weighted by atomic mass is 10.1. The first-order valence-corrected chi connectivity index (χ1v) is 13.4. The van der Waals surface area contributed by atoms with Crippen LogP contribution in [0, 0.1) is 0 Å². The van der Waals surface area contributed by atoms with E-state index in [1.807, 2.05) is 54.6 Å². The Hall–Kier alpha value is -4.47. The third-order valence-corrected chi connectivity index (χ3v) is 7.01. The van der Waals surface area contributed by atoms with Crippen molar-refractivity contribution in [3.8, 4) is 11.5 Å². The Morgan fingerprint density at radius 3 is 2.52 bits per heavy atom. The van der Waals surface area contributed by atoms with Crippen molar-refractivity contribution in [2.75, 3.05) is 19.0 Å². The van der Waals surface area contributed by atoms with E-state index in [1.165, 1.54) is 18.9 Å². The van der Waals surface area contributed by atoms with Crippen LogP contribution in [0.15, 0.2) is 106 Å². The molecular formula is C30H24ClN3O5S. The monoisotopic (exact) mass is 573 g/mol. The van der Waals surface area contributed by atoms with E-state index in [2.05, 4.69) is 5.32 Å². The van der Waals surface area contributed by atoms with Gasteiger partial charge in [0.15, 0.2) is 23.3 Å². The number of nitrogens with zero attached hydrogens (tertiary/aromatic N) is 2. The second-order valence-electron chi connectivity index (χ2n) is 8.55. The van der Waals surface area contributed by atoms with Crippen molar-refractivity contribution in [2.45, 2.75) is 6.54 Å². The molecule has 1 aromatic heterocycles. The number of amidine groups is 1. The number of carbonyl (C=O) groups is 2. The van der Waals surface area contributed by atoms with Gasteiger partial charge in [-0.15, -0.1) is 0 Å². The molecule has 202 valence electrons. The number of nitrogens with one attached hydrogen (secondary N) is 1. The fraction of sp³-hybridized carbons (Fsp3) is 0.100. The molecule has 2 amide bonds. The molecule has 0 saturated carbocycles. The Bertz CT molecular complexity index is 1560. The fourth-order valence-electron chi connectivity index (χ4n) is 3.87. The predicted molar refractivity (Wildman–Crippen MR) is 157 cm³/mol. The van der Waals surface area contributed by atoms with E-state index in [9.17, 15) is 9.59 Å². The molecule has 2 heterocycles. The van der Waals surface area contributed by atoms with Gasteiger partial charge in [0.1, 0.15) is 5.76 Å². The number of benzene rings is 3. The number of methoxy groups -OCH3 is 1. The molecule has 0 radical (unpaired) electrons. The van der Waals surface area contributed by atoms with Crippen LogP contribution in [-0.4, -0.2) is 35.6 Å². The summed E-state index contributed by atoms with van der Waals surface area (Å²) in [6.45, 7) is -0.0233. The number of ether oxygens (including phenoxy) is 2. The maximum absolute atomic E-state index is 13.5. The quantitative estimate of drug-likeness (QED) is 0.222. The lowest BCUT2D eigenvalue weighted by Crippen LogP contribution is -2.28. The van der Waals surface area contributed by atoms with Crippen molar-refractivity contribution in [2.24, 2.45) is 4.99 Å². The SMILES string of the molecule is COc1cc(/C=C2\SC(=Nc3ccccc3)N(Cc3ccco3)C2=O)cc(Cl)c1OCC(=O)Nc1ccccc1. The van der Waals surface area contributed by atoms with Crippen LogP contribution >= 0.6 is 23.4 Å². The average molecular weight is 574 g/mol. The summed E-state index contributed by atoms with van der Waals surface area (Å²) >= 11 is 7.79. The Morgan fingerprint density at radius 2 is 1.82 bits per heavy atom. The highest BCUT2D eigenvalue weighted by atomic mass is 35.5. The van der Waals surface area contributed by atoms with Gasteiger partial charge in [-0.25, -0.2) is 4.99 Å². The Kier molecular flexibility index (Phi) is 8.53. The standard InChI is InChI=1S/C30H24ClN3O5S/c1-37-25-16-20(15-24(31)28(25)39-19-27(35)32-21-9-4-2-5-10-21)17-26-29(36)34(18-23-13-8-14-38-23)30(40-26)33-22-11-6-3-7-12-22/h2-17H,18-19H2,1H3,(H,32,35)/b26-17-,33-30?. The van der Waals surface area contributed by atoms with Gasteiger partial charge in [-0.1, -0.05) is 48.0 Å². The molecule has 0 aliphatic carbocycles. The fourth-order valence-corrected chi connectivity index (χ4v) is 5.14. The van der Waals surface area contributed by atoms with E-state index in [-0.39, 0.29) is 35.7 Å². The number of halogens is 1. The van der Waals surface area contributed by atoms with Crippen LogP contribution in [0.1, 0.15) is 11.3 Å². The molecule has 0 spiro atoms. The maximum Gasteiger partial charge on any atom is 0.267 e. The lowest BCUT2D eigenvalue weighted by Gasteiger charge is -2.14. The highest BCUT2D eigenvalue weighted by Crippen LogP contribution is 2.40. The smallest absolute Gasteiger partial charge is 0.267 e. The molecule has 8 nitrogen and oxygen atoms in total. The molecule has 0 bridgehead atoms. The summed E-state index contributed by atoms with van der Waals surface area (Å²) in [7, 11) is 1.48. The molecule has 1 aliphatic rings. The molecule has 0 atom stereocenters. The summed E-state index contributed by atoms with van der Waals surface area (Å²) in [6.07, 6.45) is 3.28. The summed E-state index contributed by atoms with van der Waals surface area (Å²) in [4.78, 5) is 32.5. The van der Waals surface area contributed by atoms with Gasteiger partial charge in [-0.2, -0.15) is 0 Å². The lowest BCUT2D eigenvalue weighted by molar-refractivity contribution is -0.122. The number of thioether (sulfide) groups is 1. The van der Waals surface area contributed by atoms with Gasteiger partial charge in [0.2, 0.25) is 0 Å². The predicted octanol–water partition coefficient (Wildman–Crippen LogP) is 6.76. The molecule has 5 rings (SSSR count). The molecule has 0 unspecified atom stereocenters. The minimum atomic E-state index is -0.342. The third kappa shape index (κ3) is 6.56. The molecule has 1 N–H and O–H groups in total. The van der Waals surface area contributed by atoms with Crippen molar-refractivity contribution in [3.63, 3.8) is 0 Å². The first-order valence-electron chi connectivity index (χ1n) is 12.2. The zero-order chi connectivity index (χ0) is 27.9. The number of hydrogen-bond acceptors (Lipinski definition) is 7. The maximum atomic E-state index is 13.5. The molecule has 3 aromatic carbocycles. The van der Waals surface area contributed by atoms with Crippen LogP contribution in [0.25, 0.3) is 6.08 Å². The highest BCUT2D eigenvalue weighted by molar-refractivity contribution is 8.18. The van der Waals surface area contributed by atoms with E-state index in [0.29, 0.717) is 32.8 Å². The number of rotatable bonds is 9. The minimum Gasteiger partial charge on any atom is -0.493 e. The second kappa shape index (κ2) is 12.6. The van der Waals surface area contributed by atoms with E-state index < -0.39 is 0 Å². The molecule has 40 heavy (non-hydrogen) atoms. The van der Waals surface area contributed by atoms with Gasteiger partial charge < -0.3 is 19.2 Å². The number of hydrogen-bond donors (Lipinski definition) is 1. The number of carbonyl (C=O) groups excluding carboxylic acids is 2. The van der Waals surface area contributed by atoms with Crippen LogP contribution in [0.2, 0.25) is 5.02 Å². The molecule has 1 saturated heterocycles. The average Bonchev–Trinajstić information content (AvgIpc) is 3.57. The van der Waals surface area contributed by atoms with Crippen LogP contribution in [0.4, 0.5) is 11.4 Å². The first-order chi connectivity index (χ1) is 19.5. The van der Waals surface area contributed by atoms with Gasteiger partial charge >= 0.3 is 0 Å². The summed E-state index contributed by atoms with van der Waals surface area (Å²) < 4.78 is 16.7.